The van der Waals surface area contributed by atoms with E-state index < -0.39 is 4.92 Å². The number of hydrogen-bond donors (Lipinski definition) is 1. The summed E-state index contributed by atoms with van der Waals surface area (Å²) in [4.78, 5) is 10.2. The lowest BCUT2D eigenvalue weighted by atomic mass is 10.2. The van der Waals surface area contributed by atoms with Crippen LogP contribution in [0.2, 0.25) is 0 Å². The number of halogens is 2. The molecule has 0 aliphatic carbocycles. The molecule has 2 rings (SSSR count). The van der Waals surface area contributed by atoms with Gasteiger partial charge in [0.25, 0.3) is 5.69 Å². The van der Waals surface area contributed by atoms with Crippen molar-refractivity contribution in [1.29, 1.82) is 0 Å². The average Bonchev–Trinajstić information content (AvgIpc) is 2.39. The molecule has 0 aromatic heterocycles. The van der Waals surface area contributed by atoms with Crippen molar-refractivity contribution in [2.75, 3.05) is 5.32 Å². The van der Waals surface area contributed by atoms with Crippen LogP contribution in [0, 0.1) is 15.9 Å². The van der Waals surface area contributed by atoms with Crippen molar-refractivity contribution < 1.29 is 9.31 Å². The van der Waals surface area contributed by atoms with E-state index in [2.05, 4.69) is 21.2 Å². The molecular weight excluding hydrogens is 315 g/mol. The SMILES string of the molecule is O=[N+]([O-])c1ccc(Br)c(NCc2ccccc2F)c1. The van der Waals surface area contributed by atoms with Crippen molar-refractivity contribution >= 4 is 27.3 Å². The van der Waals surface area contributed by atoms with Crippen LogP contribution in [-0.2, 0) is 6.54 Å². The summed E-state index contributed by atoms with van der Waals surface area (Å²) in [6, 6.07) is 10.8. The first-order valence-corrected chi connectivity index (χ1v) is 6.28. The lowest BCUT2D eigenvalue weighted by molar-refractivity contribution is -0.384. The molecule has 0 atom stereocenters. The van der Waals surface area contributed by atoms with E-state index in [9.17, 15) is 14.5 Å². The second-order valence-electron chi connectivity index (χ2n) is 3.87. The number of nitro groups is 1. The van der Waals surface area contributed by atoms with E-state index in [0.29, 0.717) is 15.7 Å². The van der Waals surface area contributed by atoms with E-state index in [1.807, 2.05) is 0 Å². The Hall–Kier alpha value is -1.95. The van der Waals surface area contributed by atoms with E-state index in [4.69, 9.17) is 0 Å². The molecule has 0 radical (unpaired) electrons. The van der Waals surface area contributed by atoms with Crippen LogP contribution in [0.15, 0.2) is 46.9 Å². The number of anilines is 1. The van der Waals surface area contributed by atoms with Gasteiger partial charge in [-0.1, -0.05) is 18.2 Å². The fourth-order valence-electron chi connectivity index (χ4n) is 1.59. The Morgan fingerprint density at radius 1 is 1.26 bits per heavy atom. The summed E-state index contributed by atoms with van der Waals surface area (Å²) in [7, 11) is 0. The van der Waals surface area contributed by atoms with Crippen molar-refractivity contribution in [2.45, 2.75) is 6.54 Å². The Bertz CT molecular complexity index is 619. The van der Waals surface area contributed by atoms with Crippen LogP contribution in [0.3, 0.4) is 0 Å². The summed E-state index contributed by atoms with van der Waals surface area (Å²) >= 11 is 3.29. The van der Waals surface area contributed by atoms with E-state index in [0.717, 1.165) is 0 Å². The Labute approximate surface area is 117 Å². The zero-order valence-electron chi connectivity index (χ0n) is 9.77. The van der Waals surface area contributed by atoms with Crippen LogP contribution in [0.25, 0.3) is 0 Å². The Morgan fingerprint density at radius 2 is 2.00 bits per heavy atom. The van der Waals surface area contributed by atoms with Gasteiger partial charge in [-0.3, -0.25) is 10.1 Å². The minimum atomic E-state index is -0.472. The van der Waals surface area contributed by atoms with Crippen LogP contribution in [0.4, 0.5) is 15.8 Å². The molecule has 0 bridgehead atoms. The minimum absolute atomic E-state index is 0.0146. The number of hydrogen-bond acceptors (Lipinski definition) is 3. The molecule has 0 heterocycles. The smallest absolute Gasteiger partial charge is 0.271 e. The maximum Gasteiger partial charge on any atom is 0.271 e. The van der Waals surface area contributed by atoms with Crippen LogP contribution < -0.4 is 5.32 Å². The monoisotopic (exact) mass is 324 g/mol. The summed E-state index contributed by atoms with van der Waals surface area (Å²) in [5, 5.41) is 13.7. The first-order valence-electron chi connectivity index (χ1n) is 5.49. The minimum Gasteiger partial charge on any atom is -0.380 e. The highest BCUT2D eigenvalue weighted by molar-refractivity contribution is 9.10. The maximum atomic E-state index is 13.4. The first kappa shape index (κ1) is 13.5. The lowest BCUT2D eigenvalue weighted by Crippen LogP contribution is -2.02. The molecule has 0 saturated carbocycles. The molecule has 0 saturated heterocycles. The molecule has 0 aliphatic rings. The number of nitrogens with one attached hydrogen (secondary N) is 1. The third-order valence-corrected chi connectivity index (χ3v) is 3.28. The highest BCUT2D eigenvalue weighted by Crippen LogP contribution is 2.27. The maximum absolute atomic E-state index is 13.4. The second kappa shape index (κ2) is 5.79. The van der Waals surface area contributed by atoms with Gasteiger partial charge in [0.05, 0.1) is 10.6 Å². The van der Waals surface area contributed by atoms with Crippen molar-refractivity contribution in [3.63, 3.8) is 0 Å². The molecule has 98 valence electrons. The molecule has 0 fully saturated rings. The summed E-state index contributed by atoms with van der Waals surface area (Å²) in [6.45, 7) is 0.256. The molecule has 6 heteroatoms. The van der Waals surface area contributed by atoms with Gasteiger partial charge in [-0.2, -0.15) is 0 Å². The number of benzene rings is 2. The summed E-state index contributed by atoms with van der Waals surface area (Å²) < 4.78 is 14.1. The molecule has 0 amide bonds. The van der Waals surface area contributed by atoms with Crippen molar-refractivity contribution in [3.05, 3.63) is 68.4 Å². The topological polar surface area (TPSA) is 55.2 Å². The van der Waals surface area contributed by atoms with E-state index in [1.54, 1.807) is 24.3 Å². The highest BCUT2D eigenvalue weighted by atomic mass is 79.9. The van der Waals surface area contributed by atoms with Crippen LogP contribution in [-0.4, -0.2) is 4.92 Å². The molecular formula is C13H10BrFN2O2. The number of non-ortho nitro benzene ring substituents is 1. The third-order valence-electron chi connectivity index (χ3n) is 2.59. The van der Waals surface area contributed by atoms with E-state index in [-0.39, 0.29) is 18.0 Å². The highest BCUT2D eigenvalue weighted by Gasteiger charge is 2.09. The van der Waals surface area contributed by atoms with Crippen LogP contribution in [0.5, 0.6) is 0 Å². The zero-order valence-corrected chi connectivity index (χ0v) is 11.4. The number of rotatable bonds is 4. The first-order chi connectivity index (χ1) is 9.08. The molecule has 1 N–H and O–H groups in total. The fraction of sp³-hybridized carbons (Fsp3) is 0.0769. The Morgan fingerprint density at radius 3 is 2.68 bits per heavy atom. The van der Waals surface area contributed by atoms with Crippen molar-refractivity contribution in [2.24, 2.45) is 0 Å². The predicted octanol–water partition coefficient (Wildman–Crippen LogP) is 4.11. The van der Waals surface area contributed by atoms with Gasteiger partial charge in [-0.15, -0.1) is 0 Å². The van der Waals surface area contributed by atoms with Gasteiger partial charge in [-0.05, 0) is 28.1 Å². The van der Waals surface area contributed by atoms with Crippen LogP contribution >= 0.6 is 15.9 Å². The van der Waals surface area contributed by atoms with E-state index in [1.165, 1.54) is 18.2 Å². The quantitative estimate of drug-likeness (QED) is 0.680. The summed E-state index contributed by atoms with van der Waals surface area (Å²) in [5.41, 5.74) is 1.04. The molecule has 2 aromatic rings. The Kier molecular flexibility index (Phi) is 4.11. The number of nitrogens with zero attached hydrogens (tertiary/aromatic N) is 1. The van der Waals surface area contributed by atoms with Gasteiger partial charge in [-0.25, -0.2) is 4.39 Å². The molecule has 0 spiro atoms. The number of nitro benzene ring substituents is 1. The molecule has 4 nitrogen and oxygen atoms in total. The van der Waals surface area contributed by atoms with Gasteiger partial charge in [0.15, 0.2) is 0 Å². The summed E-state index contributed by atoms with van der Waals surface area (Å²) in [5.74, 6) is -0.309. The standard InChI is InChI=1S/C13H10BrFN2O2/c14-11-6-5-10(17(18)19)7-13(11)16-8-9-3-1-2-4-12(9)15/h1-7,16H,8H2. The van der Waals surface area contributed by atoms with Crippen molar-refractivity contribution in [1.82, 2.24) is 0 Å². The van der Waals surface area contributed by atoms with E-state index >= 15 is 0 Å². The molecule has 2 aromatic carbocycles. The predicted molar refractivity (Wildman–Crippen MR) is 74.5 cm³/mol. The summed E-state index contributed by atoms with van der Waals surface area (Å²) in [6.07, 6.45) is 0. The average molecular weight is 325 g/mol. The lowest BCUT2D eigenvalue weighted by Gasteiger charge is -2.09. The fourth-order valence-corrected chi connectivity index (χ4v) is 1.98. The van der Waals surface area contributed by atoms with Crippen LogP contribution in [0.1, 0.15) is 5.56 Å². The van der Waals surface area contributed by atoms with Crippen molar-refractivity contribution in [3.8, 4) is 0 Å². The molecule has 0 aliphatic heterocycles. The van der Waals surface area contributed by atoms with Gasteiger partial charge >= 0.3 is 0 Å². The normalized spacial score (nSPS) is 10.2. The van der Waals surface area contributed by atoms with Gasteiger partial charge in [0.1, 0.15) is 5.82 Å². The van der Waals surface area contributed by atoms with Gasteiger partial charge in [0.2, 0.25) is 0 Å². The Balaban J connectivity index is 2.17. The second-order valence-corrected chi connectivity index (χ2v) is 4.72. The zero-order chi connectivity index (χ0) is 13.8. The van der Waals surface area contributed by atoms with Gasteiger partial charge in [0, 0.05) is 28.7 Å². The molecule has 19 heavy (non-hydrogen) atoms. The third kappa shape index (κ3) is 3.29. The largest absolute Gasteiger partial charge is 0.380 e. The van der Waals surface area contributed by atoms with Gasteiger partial charge < -0.3 is 5.32 Å². The molecule has 0 unspecified atom stereocenters.